The SMILES string of the molecule is COc1ccc(CCN2C(=O)/C(=C/c3c(C)c(C#N)c(=O)n(C)c3N3CCOCC3)SC2=S)cc1. The summed E-state index contributed by atoms with van der Waals surface area (Å²) in [6.45, 7) is 4.52. The highest BCUT2D eigenvalue weighted by Gasteiger charge is 2.33. The van der Waals surface area contributed by atoms with Crippen LogP contribution in [0.3, 0.4) is 0 Å². The van der Waals surface area contributed by atoms with Gasteiger partial charge in [0.15, 0.2) is 0 Å². The second-order valence-corrected chi connectivity index (χ2v) is 9.92. The molecule has 0 aliphatic carbocycles. The number of rotatable bonds is 6. The van der Waals surface area contributed by atoms with E-state index in [1.807, 2.05) is 30.3 Å². The van der Waals surface area contributed by atoms with Crippen LogP contribution >= 0.6 is 24.0 Å². The lowest BCUT2D eigenvalue weighted by Crippen LogP contribution is -2.40. The van der Waals surface area contributed by atoms with E-state index in [9.17, 15) is 14.9 Å². The van der Waals surface area contributed by atoms with E-state index in [1.54, 1.807) is 32.1 Å². The molecule has 0 N–H and O–H groups in total. The number of hydrogen-bond donors (Lipinski definition) is 0. The van der Waals surface area contributed by atoms with Crippen molar-refractivity contribution in [2.45, 2.75) is 13.3 Å². The normalized spacial score (nSPS) is 17.3. The number of thioether (sulfide) groups is 1. The van der Waals surface area contributed by atoms with E-state index < -0.39 is 0 Å². The van der Waals surface area contributed by atoms with Crippen molar-refractivity contribution >= 4 is 46.1 Å². The minimum atomic E-state index is -0.351. The number of benzene rings is 1. The Labute approximate surface area is 213 Å². The van der Waals surface area contributed by atoms with Crippen molar-refractivity contribution in [3.8, 4) is 11.8 Å². The zero-order valence-corrected chi connectivity index (χ0v) is 21.5. The first-order valence-corrected chi connectivity index (χ1v) is 12.4. The monoisotopic (exact) mass is 510 g/mol. The van der Waals surface area contributed by atoms with Gasteiger partial charge in [0.2, 0.25) is 0 Å². The van der Waals surface area contributed by atoms with Crippen LogP contribution < -0.4 is 15.2 Å². The number of ether oxygens (including phenoxy) is 2. The molecule has 2 aliphatic heterocycles. The molecule has 8 nitrogen and oxygen atoms in total. The van der Waals surface area contributed by atoms with Gasteiger partial charge in [-0.1, -0.05) is 36.1 Å². The molecule has 1 amide bonds. The molecule has 4 rings (SSSR count). The number of hydrogen-bond acceptors (Lipinski definition) is 8. The van der Waals surface area contributed by atoms with Crippen LogP contribution in [0.5, 0.6) is 5.75 Å². The fourth-order valence-corrected chi connectivity index (χ4v) is 5.52. The Hall–Kier alpha value is -3.13. The summed E-state index contributed by atoms with van der Waals surface area (Å²) in [5.74, 6) is 1.29. The maximum atomic E-state index is 13.3. The first-order chi connectivity index (χ1) is 16.8. The van der Waals surface area contributed by atoms with E-state index in [1.165, 1.54) is 16.3 Å². The number of amides is 1. The number of anilines is 1. The molecule has 10 heteroatoms. The highest BCUT2D eigenvalue weighted by molar-refractivity contribution is 8.26. The van der Waals surface area contributed by atoms with E-state index in [2.05, 4.69) is 4.90 Å². The van der Waals surface area contributed by atoms with Gasteiger partial charge in [0.25, 0.3) is 11.5 Å². The predicted octanol–water partition coefficient (Wildman–Crippen LogP) is 2.85. The Bertz CT molecular complexity index is 1290. The van der Waals surface area contributed by atoms with Crippen molar-refractivity contribution in [3.63, 3.8) is 0 Å². The van der Waals surface area contributed by atoms with Crippen molar-refractivity contribution in [1.82, 2.24) is 9.47 Å². The zero-order valence-electron chi connectivity index (χ0n) is 19.9. The quantitative estimate of drug-likeness (QED) is 0.433. The van der Waals surface area contributed by atoms with Crippen molar-refractivity contribution in [3.05, 3.63) is 61.8 Å². The lowest BCUT2D eigenvalue weighted by atomic mass is 10.0. The third-order valence-electron chi connectivity index (χ3n) is 6.21. The molecule has 0 spiro atoms. The first kappa shape index (κ1) is 25.0. The molecule has 0 atom stereocenters. The maximum Gasteiger partial charge on any atom is 0.270 e. The molecule has 0 radical (unpaired) electrons. The molecule has 35 heavy (non-hydrogen) atoms. The fraction of sp³-hybridized carbons (Fsp3) is 0.360. The molecule has 2 aromatic rings. The topological polar surface area (TPSA) is 87.8 Å². The molecule has 0 saturated carbocycles. The Morgan fingerprint density at radius 3 is 2.54 bits per heavy atom. The van der Waals surface area contributed by atoms with Crippen LogP contribution in [-0.2, 0) is 23.0 Å². The molecule has 2 saturated heterocycles. The number of nitrogens with zero attached hydrogens (tertiary/aromatic N) is 4. The van der Waals surface area contributed by atoms with Crippen LogP contribution in [0.15, 0.2) is 34.0 Å². The summed E-state index contributed by atoms with van der Waals surface area (Å²) >= 11 is 6.77. The van der Waals surface area contributed by atoms with Crippen molar-refractivity contribution in [2.24, 2.45) is 7.05 Å². The molecule has 1 aromatic carbocycles. The van der Waals surface area contributed by atoms with Gasteiger partial charge in [-0.15, -0.1) is 0 Å². The van der Waals surface area contributed by atoms with Crippen LogP contribution in [-0.4, -0.2) is 59.7 Å². The third-order valence-corrected chi connectivity index (χ3v) is 7.59. The highest BCUT2D eigenvalue weighted by atomic mass is 32.2. The lowest BCUT2D eigenvalue weighted by molar-refractivity contribution is -0.122. The number of nitriles is 1. The summed E-state index contributed by atoms with van der Waals surface area (Å²) in [5, 5.41) is 9.63. The van der Waals surface area contributed by atoms with Crippen LogP contribution in [0.25, 0.3) is 6.08 Å². The average Bonchev–Trinajstić information content (AvgIpc) is 3.14. The second-order valence-electron chi connectivity index (χ2n) is 8.24. The van der Waals surface area contributed by atoms with Crippen LogP contribution in [0.2, 0.25) is 0 Å². The number of methoxy groups -OCH3 is 1. The van der Waals surface area contributed by atoms with Gasteiger partial charge in [-0.25, -0.2) is 0 Å². The third kappa shape index (κ3) is 4.98. The lowest BCUT2D eigenvalue weighted by Gasteiger charge is -2.32. The van der Waals surface area contributed by atoms with E-state index >= 15 is 0 Å². The number of morpholine rings is 1. The van der Waals surface area contributed by atoms with E-state index in [4.69, 9.17) is 21.7 Å². The molecule has 1 aromatic heterocycles. The molecule has 182 valence electrons. The van der Waals surface area contributed by atoms with Crippen LogP contribution in [0, 0.1) is 18.3 Å². The van der Waals surface area contributed by atoms with Crippen molar-refractivity contribution in [2.75, 3.05) is 44.9 Å². The fourth-order valence-electron chi connectivity index (χ4n) is 4.23. The number of carbonyl (C=O) groups is 1. The minimum Gasteiger partial charge on any atom is -0.497 e. The Balaban J connectivity index is 1.66. The molecule has 3 heterocycles. The first-order valence-electron chi connectivity index (χ1n) is 11.2. The molecular formula is C25H26N4O4S2. The summed E-state index contributed by atoms with van der Waals surface area (Å²) in [5.41, 5.74) is 2.04. The van der Waals surface area contributed by atoms with Crippen LogP contribution in [0.1, 0.15) is 22.3 Å². The highest BCUT2D eigenvalue weighted by Crippen LogP contribution is 2.36. The van der Waals surface area contributed by atoms with E-state index in [0.29, 0.717) is 65.4 Å². The molecule has 2 fully saturated rings. The van der Waals surface area contributed by atoms with Crippen LogP contribution in [0.4, 0.5) is 5.82 Å². The van der Waals surface area contributed by atoms with Gasteiger partial charge < -0.3 is 14.4 Å². The summed E-state index contributed by atoms with van der Waals surface area (Å²) in [6, 6.07) is 9.76. The van der Waals surface area contributed by atoms with E-state index in [0.717, 1.165) is 11.3 Å². The Kier molecular flexibility index (Phi) is 7.60. The Morgan fingerprint density at radius 2 is 1.91 bits per heavy atom. The van der Waals surface area contributed by atoms with Gasteiger partial charge >= 0.3 is 0 Å². The van der Waals surface area contributed by atoms with Gasteiger partial charge in [0, 0.05) is 32.2 Å². The number of pyridine rings is 1. The second kappa shape index (κ2) is 10.6. The van der Waals surface area contributed by atoms with E-state index in [-0.39, 0.29) is 17.0 Å². The largest absolute Gasteiger partial charge is 0.497 e. The standard InChI is InChI=1S/C25H26N4O4S2/c1-16-19(22(28-10-12-33-13-11-28)27(2)23(30)20(16)15-26)14-21-24(31)29(25(34)35-21)9-8-17-4-6-18(32-3)7-5-17/h4-7,14H,8-13H2,1-3H3/b21-14-. The number of carbonyl (C=O) groups excluding carboxylic acids is 1. The molecule has 0 unspecified atom stereocenters. The molecule has 2 aliphatic rings. The van der Waals surface area contributed by atoms with Gasteiger partial charge in [0.1, 0.15) is 27.5 Å². The number of aromatic nitrogens is 1. The van der Waals surface area contributed by atoms with Crippen molar-refractivity contribution < 1.29 is 14.3 Å². The molecular weight excluding hydrogens is 484 g/mol. The van der Waals surface area contributed by atoms with Gasteiger partial charge in [-0.05, 0) is 42.7 Å². The summed E-state index contributed by atoms with van der Waals surface area (Å²) in [4.78, 5) is 30.3. The summed E-state index contributed by atoms with van der Waals surface area (Å²) in [7, 11) is 3.28. The molecule has 0 bridgehead atoms. The predicted molar refractivity (Wildman–Crippen MR) is 141 cm³/mol. The van der Waals surface area contributed by atoms with Crippen molar-refractivity contribution in [1.29, 1.82) is 5.26 Å². The average molecular weight is 511 g/mol. The zero-order chi connectivity index (χ0) is 25.1. The summed E-state index contributed by atoms with van der Waals surface area (Å²) < 4.78 is 12.7. The Morgan fingerprint density at radius 1 is 1.23 bits per heavy atom. The minimum absolute atomic E-state index is 0.0748. The van der Waals surface area contributed by atoms with Gasteiger partial charge in [-0.3, -0.25) is 19.1 Å². The maximum absolute atomic E-state index is 13.3. The summed E-state index contributed by atoms with van der Waals surface area (Å²) in [6.07, 6.45) is 2.42. The van der Waals surface area contributed by atoms with Gasteiger partial charge in [-0.2, -0.15) is 5.26 Å². The number of thiocarbonyl (C=S) groups is 1. The smallest absolute Gasteiger partial charge is 0.270 e. The van der Waals surface area contributed by atoms with Gasteiger partial charge in [0.05, 0.1) is 25.2 Å².